The summed E-state index contributed by atoms with van der Waals surface area (Å²) in [6.45, 7) is 0.745. The van der Waals surface area contributed by atoms with E-state index in [1.54, 1.807) is 12.1 Å². The minimum Gasteiger partial charge on any atom is -0.337 e. The number of nitrogens with one attached hydrogen (secondary N) is 2. The topological polar surface area (TPSA) is 61.4 Å². The number of carbonyl (C=O) groups is 2. The van der Waals surface area contributed by atoms with Gasteiger partial charge in [0.15, 0.2) is 0 Å². The molecule has 1 aliphatic heterocycles. The second kappa shape index (κ2) is 6.56. The van der Waals surface area contributed by atoms with Crippen molar-refractivity contribution in [1.82, 2.24) is 10.6 Å². The maximum atomic E-state index is 12.9. The fraction of sp³-hybridized carbons (Fsp3) is 0.385. The predicted molar refractivity (Wildman–Crippen MR) is 74.4 cm³/mol. The second-order valence-electron chi connectivity index (χ2n) is 4.47. The molecule has 2 N–H and O–H groups in total. The van der Waals surface area contributed by atoms with Gasteiger partial charge in [0, 0.05) is 31.1 Å². The highest BCUT2D eigenvalue weighted by Crippen LogP contribution is 2.21. The van der Waals surface area contributed by atoms with Crippen molar-refractivity contribution in [1.29, 1.82) is 0 Å². The van der Waals surface area contributed by atoms with E-state index >= 15 is 0 Å². The molecule has 3 amide bonds. The van der Waals surface area contributed by atoms with Crippen LogP contribution in [-0.4, -0.2) is 36.9 Å². The Labute approximate surface area is 121 Å². The number of hydrogen-bond acceptors (Lipinski definition) is 2. The zero-order valence-corrected chi connectivity index (χ0v) is 11.5. The molecular formula is C13H15ClFN3O2. The molecule has 0 bridgehead atoms. The summed E-state index contributed by atoms with van der Waals surface area (Å²) in [5.74, 6) is -0.117. The van der Waals surface area contributed by atoms with E-state index in [1.807, 2.05) is 0 Å². The Morgan fingerprint density at radius 3 is 2.75 bits per heavy atom. The Morgan fingerprint density at radius 1 is 1.40 bits per heavy atom. The van der Waals surface area contributed by atoms with Gasteiger partial charge < -0.3 is 15.5 Å². The lowest BCUT2D eigenvalue weighted by molar-refractivity contribution is -0.117. The van der Waals surface area contributed by atoms with E-state index in [-0.39, 0.29) is 30.2 Å². The number of alkyl halides is 1. The summed E-state index contributed by atoms with van der Waals surface area (Å²) in [7, 11) is 0. The SMILES string of the molecule is O=C(NCCCl)N[C@@H]1CC(=O)N(c2ccc(F)cc2)C1. The molecule has 20 heavy (non-hydrogen) atoms. The molecule has 1 aromatic rings. The molecule has 0 aromatic heterocycles. The maximum Gasteiger partial charge on any atom is 0.315 e. The monoisotopic (exact) mass is 299 g/mol. The number of halogens is 2. The molecule has 0 spiro atoms. The number of amides is 3. The Kier molecular flexibility index (Phi) is 4.79. The summed E-state index contributed by atoms with van der Waals surface area (Å²) in [4.78, 5) is 24.9. The highest BCUT2D eigenvalue weighted by atomic mass is 35.5. The number of benzene rings is 1. The van der Waals surface area contributed by atoms with Crippen LogP contribution in [0, 0.1) is 5.82 Å². The molecule has 7 heteroatoms. The van der Waals surface area contributed by atoms with Crippen molar-refractivity contribution in [2.75, 3.05) is 23.9 Å². The lowest BCUT2D eigenvalue weighted by Gasteiger charge is -2.17. The van der Waals surface area contributed by atoms with Crippen LogP contribution in [0.15, 0.2) is 24.3 Å². The van der Waals surface area contributed by atoms with E-state index in [0.717, 1.165) is 0 Å². The summed E-state index contributed by atoms with van der Waals surface area (Å²) in [6.07, 6.45) is 0.228. The number of anilines is 1. The van der Waals surface area contributed by atoms with E-state index in [1.165, 1.54) is 17.0 Å². The van der Waals surface area contributed by atoms with Crippen LogP contribution in [0.2, 0.25) is 0 Å². The van der Waals surface area contributed by atoms with E-state index < -0.39 is 0 Å². The van der Waals surface area contributed by atoms with Crippen LogP contribution in [0.25, 0.3) is 0 Å². The third kappa shape index (κ3) is 3.60. The molecule has 1 heterocycles. The van der Waals surface area contributed by atoms with Crippen molar-refractivity contribution in [3.8, 4) is 0 Å². The average molecular weight is 300 g/mol. The average Bonchev–Trinajstić information content (AvgIpc) is 2.78. The minimum atomic E-state index is -0.351. The molecule has 1 aromatic carbocycles. The molecule has 108 valence electrons. The van der Waals surface area contributed by atoms with Crippen LogP contribution >= 0.6 is 11.6 Å². The van der Waals surface area contributed by atoms with Gasteiger partial charge in [-0.05, 0) is 24.3 Å². The Bertz CT molecular complexity index is 495. The van der Waals surface area contributed by atoms with E-state index in [4.69, 9.17) is 11.6 Å². The second-order valence-corrected chi connectivity index (χ2v) is 4.85. The molecule has 1 aliphatic rings. The van der Waals surface area contributed by atoms with Gasteiger partial charge in [-0.3, -0.25) is 4.79 Å². The number of urea groups is 1. The first-order valence-electron chi connectivity index (χ1n) is 6.26. The maximum absolute atomic E-state index is 12.9. The van der Waals surface area contributed by atoms with Crippen molar-refractivity contribution < 1.29 is 14.0 Å². The number of carbonyl (C=O) groups excluding carboxylic acids is 2. The summed E-state index contributed by atoms with van der Waals surface area (Å²) in [6, 6.07) is 5.09. The number of hydrogen-bond donors (Lipinski definition) is 2. The number of rotatable bonds is 4. The molecule has 0 saturated carbocycles. The van der Waals surface area contributed by atoms with Crippen LogP contribution < -0.4 is 15.5 Å². The van der Waals surface area contributed by atoms with E-state index in [0.29, 0.717) is 24.7 Å². The molecule has 1 fully saturated rings. The van der Waals surface area contributed by atoms with Crippen molar-refractivity contribution >= 4 is 29.2 Å². The van der Waals surface area contributed by atoms with Gasteiger partial charge in [-0.1, -0.05) is 0 Å². The zero-order valence-electron chi connectivity index (χ0n) is 10.7. The van der Waals surface area contributed by atoms with Crippen LogP contribution in [-0.2, 0) is 4.79 Å². The standard InChI is InChI=1S/C13H15ClFN3O2/c14-5-6-16-13(20)17-10-7-12(19)18(8-10)11-3-1-9(15)2-4-11/h1-4,10H,5-8H2,(H2,16,17,20)/t10-/m1/s1. The van der Waals surface area contributed by atoms with Gasteiger partial charge in [-0.25, -0.2) is 9.18 Å². The molecule has 0 radical (unpaired) electrons. The molecule has 0 aliphatic carbocycles. The third-order valence-electron chi connectivity index (χ3n) is 2.98. The van der Waals surface area contributed by atoms with Gasteiger partial charge in [0.05, 0.1) is 6.04 Å². The minimum absolute atomic E-state index is 0.0979. The third-order valence-corrected chi connectivity index (χ3v) is 3.17. The summed E-state index contributed by atoms with van der Waals surface area (Å²) in [5.41, 5.74) is 0.627. The Morgan fingerprint density at radius 2 is 2.10 bits per heavy atom. The zero-order chi connectivity index (χ0) is 14.5. The Balaban J connectivity index is 1.93. The van der Waals surface area contributed by atoms with E-state index in [9.17, 15) is 14.0 Å². The highest BCUT2D eigenvalue weighted by molar-refractivity contribution is 6.18. The number of nitrogens with zero attached hydrogens (tertiary/aromatic N) is 1. The smallest absolute Gasteiger partial charge is 0.315 e. The van der Waals surface area contributed by atoms with Gasteiger partial charge in [0.2, 0.25) is 5.91 Å². The van der Waals surface area contributed by atoms with Crippen LogP contribution in [0.1, 0.15) is 6.42 Å². The largest absolute Gasteiger partial charge is 0.337 e. The fourth-order valence-corrected chi connectivity index (χ4v) is 2.17. The summed E-state index contributed by atoms with van der Waals surface area (Å²) in [5, 5.41) is 5.28. The molecule has 1 atom stereocenters. The van der Waals surface area contributed by atoms with Gasteiger partial charge in [-0.2, -0.15) is 0 Å². The van der Waals surface area contributed by atoms with Gasteiger partial charge >= 0.3 is 6.03 Å². The van der Waals surface area contributed by atoms with Crippen molar-refractivity contribution in [3.05, 3.63) is 30.1 Å². The van der Waals surface area contributed by atoms with Crippen molar-refractivity contribution in [3.63, 3.8) is 0 Å². The molecule has 2 rings (SSSR count). The van der Waals surface area contributed by atoms with Crippen LogP contribution in [0.3, 0.4) is 0 Å². The van der Waals surface area contributed by atoms with Crippen LogP contribution in [0.5, 0.6) is 0 Å². The van der Waals surface area contributed by atoms with Crippen LogP contribution in [0.4, 0.5) is 14.9 Å². The van der Waals surface area contributed by atoms with Crippen molar-refractivity contribution in [2.24, 2.45) is 0 Å². The highest BCUT2D eigenvalue weighted by Gasteiger charge is 2.31. The molecule has 5 nitrogen and oxygen atoms in total. The van der Waals surface area contributed by atoms with Gasteiger partial charge in [0.1, 0.15) is 5.82 Å². The van der Waals surface area contributed by atoms with E-state index in [2.05, 4.69) is 10.6 Å². The molecule has 0 unspecified atom stereocenters. The first kappa shape index (κ1) is 14.6. The molecular weight excluding hydrogens is 285 g/mol. The first-order valence-corrected chi connectivity index (χ1v) is 6.80. The van der Waals surface area contributed by atoms with Gasteiger partial charge in [-0.15, -0.1) is 11.6 Å². The normalized spacial score (nSPS) is 18.2. The quantitative estimate of drug-likeness (QED) is 0.827. The summed E-state index contributed by atoms with van der Waals surface area (Å²) < 4.78 is 12.9. The van der Waals surface area contributed by atoms with Gasteiger partial charge in [0.25, 0.3) is 0 Å². The molecule has 1 saturated heterocycles. The van der Waals surface area contributed by atoms with Crippen molar-refractivity contribution in [2.45, 2.75) is 12.5 Å². The fourth-order valence-electron chi connectivity index (χ4n) is 2.07. The predicted octanol–water partition coefficient (Wildman–Crippen LogP) is 1.47. The Hall–Kier alpha value is -1.82. The lowest BCUT2D eigenvalue weighted by atomic mass is 10.2. The summed E-state index contributed by atoms with van der Waals surface area (Å²) >= 11 is 5.47. The first-order chi connectivity index (χ1) is 9.60. The lowest BCUT2D eigenvalue weighted by Crippen LogP contribution is -2.43.